The molecule has 1 saturated heterocycles. The lowest BCUT2D eigenvalue weighted by atomic mass is 9.57. The third-order valence-corrected chi connectivity index (χ3v) is 14.9. The fraction of sp³-hybridized carbons (Fsp3) is 0.658. The molecule has 2 N–H and O–H groups in total. The van der Waals surface area contributed by atoms with E-state index >= 15 is 0 Å². The van der Waals surface area contributed by atoms with Gasteiger partial charge in [-0.15, -0.1) is 0 Å². The zero-order chi connectivity index (χ0) is 34.4. The van der Waals surface area contributed by atoms with Gasteiger partial charge in [-0.2, -0.15) is 0 Å². The zero-order valence-corrected chi connectivity index (χ0v) is 30.5. The average Bonchev–Trinajstić information content (AvgIpc) is 3.22. The third-order valence-electron chi connectivity index (χ3n) is 12.8. The minimum atomic E-state index is -3.93. The second-order valence-corrected chi connectivity index (χ2v) is 18.2. The lowest BCUT2D eigenvalue weighted by Crippen LogP contribution is -2.55. The van der Waals surface area contributed by atoms with Crippen molar-refractivity contribution in [2.75, 3.05) is 64.1 Å². The van der Waals surface area contributed by atoms with Gasteiger partial charge >= 0.3 is 0 Å². The minimum Gasteiger partial charge on any atom is -0.490 e. The molecule has 49 heavy (non-hydrogen) atoms. The highest BCUT2D eigenvalue weighted by Gasteiger charge is 2.50. The van der Waals surface area contributed by atoms with Crippen molar-refractivity contribution in [2.45, 2.75) is 75.9 Å². The Morgan fingerprint density at radius 2 is 1.86 bits per heavy atom. The summed E-state index contributed by atoms with van der Waals surface area (Å²) in [5.74, 6) is 0.606. The summed E-state index contributed by atoms with van der Waals surface area (Å²) in [6.45, 7) is 9.68. The van der Waals surface area contributed by atoms with E-state index in [1.165, 1.54) is 11.1 Å². The molecule has 2 aromatic carbocycles. The fourth-order valence-electron chi connectivity index (χ4n) is 9.56. The van der Waals surface area contributed by atoms with E-state index in [9.17, 15) is 18.3 Å². The standard InChI is InChI=1S/C38H52ClN3O6S/c1-26-5-3-13-37(24-43,22-41-15-17-47-18-16-41)33-10-7-30(33)21-42-23-38(14-4-6-28-19-31(39)9-11-32(28)38)25-48-35-12-8-29(20-34(35)42)36(44)40-49(45,46)27(26)2/h8-9,11-12,19-20,26-27,30,33,43H,3-7,10,13-18,21-25H2,1-2H3,(H,40,44)/t26-,27+,30-,33+,37-,38-/m0/s1. The summed E-state index contributed by atoms with van der Waals surface area (Å²) in [5, 5.41) is 11.3. The van der Waals surface area contributed by atoms with E-state index in [0.717, 1.165) is 81.8 Å². The Morgan fingerprint density at radius 3 is 2.61 bits per heavy atom. The Labute approximate surface area is 296 Å². The second-order valence-electron chi connectivity index (χ2n) is 15.7. The van der Waals surface area contributed by atoms with Gasteiger partial charge in [-0.1, -0.05) is 31.0 Å². The number of morpholine rings is 1. The van der Waals surface area contributed by atoms with Crippen molar-refractivity contribution in [3.8, 4) is 5.75 Å². The first-order valence-corrected chi connectivity index (χ1v) is 20.2. The van der Waals surface area contributed by atoms with Gasteiger partial charge in [0, 0.05) is 54.1 Å². The second kappa shape index (κ2) is 14.0. The molecule has 2 aliphatic carbocycles. The number of fused-ring (bicyclic) bond motifs is 4. The smallest absolute Gasteiger partial charge is 0.264 e. The summed E-state index contributed by atoms with van der Waals surface area (Å²) in [6, 6.07) is 11.6. The largest absolute Gasteiger partial charge is 0.490 e. The topological polar surface area (TPSA) is 108 Å². The maximum Gasteiger partial charge on any atom is 0.264 e. The predicted octanol–water partition coefficient (Wildman–Crippen LogP) is 5.42. The number of aliphatic hydroxyl groups is 1. The zero-order valence-electron chi connectivity index (χ0n) is 29.0. The lowest BCUT2D eigenvalue weighted by Gasteiger charge is -2.53. The van der Waals surface area contributed by atoms with Crippen molar-refractivity contribution in [1.82, 2.24) is 9.62 Å². The van der Waals surface area contributed by atoms with Crippen molar-refractivity contribution >= 4 is 33.2 Å². The van der Waals surface area contributed by atoms with Crippen LogP contribution in [0.2, 0.25) is 5.02 Å². The van der Waals surface area contributed by atoms with Crippen LogP contribution in [0, 0.1) is 23.2 Å². The quantitative estimate of drug-likeness (QED) is 0.435. The van der Waals surface area contributed by atoms with Crippen molar-refractivity contribution in [3.63, 3.8) is 0 Å². The number of hydrogen-bond donors (Lipinski definition) is 2. The molecule has 3 aliphatic heterocycles. The molecule has 0 unspecified atom stereocenters. The van der Waals surface area contributed by atoms with Crippen LogP contribution in [0.15, 0.2) is 36.4 Å². The van der Waals surface area contributed by atoms with Gasteiger partial charge in [0.25, 0.3) is 5.91 Å². The molecule has 1 amide bonds. The Bertz CT molecular complexity index is 1650. The van der Waals surface area contributed by atoms with Gasteiger partial charge in [0.1, 0.15) is 5.75 Å². The molecular formula is C38H52ClN3O6S. The number of aryl methyl sites for hydroxylation is 1. The van der Waals surface area contributed by atoms with Crippen LogP contribution in [-0.2, 0) is 26.6 Å². The van der Waals surface area contributed by atoms with Crippen LogP contribution >= 0.6 is 11.6 Å². The Morgan fingerprint density at radius 1 is 1.04 bits per heavy atom. The number of carbonyl (C=O) groups is 1. The number of sulfonamides is 1. The minimum absolute atomic E-state index is 0.103. The van der Waals surface area contributed by atoms with Crippen LogP contribution in [0.25, 0.3) is 0 Å². The Hall–Kier alpha value is -2.37. The molecule has 1 spiro atoms. The number of anilines is 1. The molecular weight excluding hydrogens is 662 g/mol. The molecule has 11 heteroatoms. The highest BCUT2D eigenvalue weighted by Crippen LogP contribution is 2.52. The number of ether oxygens (including phenoxy) is 2. The number of hydrogen-bond acceptors (Lipinski definition) is 8. The van der Waals surface area contributed by atoms with E-state index in [-0.39, 0.29) is 23.4 Å². The summed E-state index contributed by atoms with van der Waals surface area (Å²) < 4.78 is 41.8. The maximum atomic E-state index is 13.6. The molecule has 0 aromatic heterocycles. The highest BCUT2D eigenvalue weighted by atomic mass is 35.5. The van der Waals surface area contributed by atoms with Crippen LogP contribution in [-0.4, -0.2) is 88.7 Å². The summed E-state index contributed by atoms with van der Waals surface area (Å²) in [5.41, 5.74) is 3.10. The number of halogens is 1. The number of nitrogens with one attached hydrogen (secondary N) is 1. The van der Waals surface area contributed by atoms with Crippen LogP contribution in [0.1, 0.15) is 80.3 Å². The number of carbonyl (C=O) groups excluding carboxylic acids is 1. The molecule has 2 bridgehead atoms. The van der Waals surface area contributed by atoms with Crippen molar-refractivity contribution in [1.29, 1.82) is 0 Å². The predicted molar refractivity (Wildman–Crippen MR) is 192 cm³/mol. The summed E-state index contributed by atoms with van der Waals surface area (Å²) >= 11 is 6.47. The van der Waals surface area contributed by atoms with Crippen LogP contribution in [0.3, 0.4) is 0 Å². The first-order chi connectivity index (χ1) is 23.5. The Balaban J connectivity index is 1.30. The van der Waals surface area contributed by atoms with E-state index in [0.29, 0.717) is 55.9 Å². The van der Waals surface area contributed by atoms with E-state index in [1.54, 1.807) is 13.0 Å². The Kier molecular flexibility index (Phi) is 10.0. The first-order valence-electron chi connectivity index (χ1n) is 18.3. The van der Waals surface area contributed by atoms with Crippen molar-refractivity contribution in [2.24, 2.45) is 23.2 Å². The molecule has 2 fully saturated rings. The van der Waals surface area contributed by atoms with Crippen LogP contribution in [0.4, 0.5) is 5.69 Å². The van der Waals surface area contributed by atoms with Gasteiger partial charge in [-0.3, -0.25) is 9.69 Å². The van der Waals surface area contributed by atoms with Gasteiger partial charge < -0.3 is 19.5 Å². The first kappa shape index (κ1) is 35.1. The van der Waals surface area contributed by atoms with Gasteiger partial charge in [-0.05, 0) is 111 Å². The van der Waals surface area contributed by atoms with E-state index in [4.69, 9.17) is 21.1 Å². The van der Waals surface area contributed by atoms with Crippen LogP contribution < -0.4 is 14.4 Å². The molecule has 6 atom stereocenters. The summed E-state index contributed by atoms with van der Waals surface area (Å²) in [4.78, 5) is 18.5. The maximum absolute atomic E-state index is 13.6. The van der Waals surface area contributed by atoms with Crippen molar-refractivity contribution < 1.29 is 27.8 Å². The molecule has 3 heterocycles. The van der Waals surface area contributed by atoms with E-state index in [2.05, 4.69) is 26.7 Å². The van der Waals surface area contributed by atoms with Gasteiger partial charge in [-0.25, -0.2) is 13.1 Å². The van der Waals surface area contributed by atoms with Crippen LogP contribution in [0.5, 0.6) is 5.75 Å². The third kappa shape index (κ3) is 6.85. The van der Waals surface area contributed by atoms with Gasteiger partial charge in [0.15, 0.2) is 0 Å². The number of amides is 1. The van der Waals surface area contributed by atoms with E-state index in [1.807, 2.05) is 25.1 Å². The fourth-order valence-corrected chi connectivity index (χ4v) is 11.1. The van der Waals surface area contributed by atoms with E-state index < -0.39 is 21.2 Å². The molecule has 5 aliphatic rings. The molecule has 2 aromatic rings. The number of rotatable bonds is 3. The molecule has 268 valence electrons. The monoisotopic (exact) mass is 713 g/mol. The summed E-state index contributed by atoms with van der Waals surface area (Å²) in [6.07, 6.45) is 7.45. The van der Waals surface area contributed by atoms with Gasteiger partial charge in [0.05, 0.1) is 37.4 Å². The highest BCUT2D eigenvalue weighted by molar-refractivity contribution is 7.90. The van der Waals surface area contributed by atoms with Crippen molar-refractivity contribution in [3.05, 3.63) is 58.1 Å². The normalized spacial score (nSPS) is 33.7. The number of aliphatic hydroxyl groups excluding tert-OH is 1. The molecule has 1 saturated carbocycles. The molecule has 0 radical (unpaired) electrons. The average molecular weight is 714 g/mol. The SMILES string of the molecule is C[C@@H]1[C@@H](C)CCC[C@@](CO)(CN2CCOCC2)[C@@H]2CC[C@H]2CN2C[C@@]3(CCCc4cc(Cl)ccc43)COc3ccc(cc32)C(=O)NS1(=O)=O. The number of benzene rings is 2. The summed E-state index contributed by atoms with van der Waals surface area (Å²) in [7, 11) is -3.93. The number of nitrogens with zero attached hydrogens (tertiary/aromatic N) is 2. The molecule has 9 nitrogen and oxygen atoms in total. The lowest BCUT2D eigenvalue weighted by molar-refractivity contribution is -0.0697. The molecule has 7 rings (SSSR count). The van der Waals surface area contributed by atoms with Gasteiger partial charge in [0.2, 0.25) is 10.0 Å².